The van der Waals surface area contributed by atoms with E-state index < -0.39 is 0 Å². The molecule has 0 radical (unpaired) electrons. The predicted molar refractivity (Wildman–Crippen MR) is 67.0 cm³/mol. The van der Waals surface area contributed by atoms with Gasteiger partial charge >= 0.3 is 0 Å². The second-order valence-corrected chi connectivity index (χ2v) is 4.58. The summed E-state index contributed by atoms with van der Waals surface area (Å²) in [7, 11) is 1.90. The van der Waals surface area contributed by atoms with Crippen molar-refractivity contribution in [1.82, 2.24) is 14.9 Å². The molecule has 0 fully saturated rings. The smallest absolute Gasteiger partial charge is 0.0970 e. The minimum Gasteiger partial charge on any atom is -0.308 e. The van der Waals surface area contributed by atoms with Crippen molar-refractivity contribution in [3.8, 4) is 0 Å². The van der Waals surface area contributed by atoms with Crippen LogP contribution in [-0.2, 0) is 0 Å². The van der Waals surface area contributed by atoms with Gasteiger partial charge in [-0.25, -0.2) is 0 Å². The van der Waals surface area contributed by atoms with Crippen LogP contribution in [0.15, 0.2) is 23.6 Å². The average Bonchev–Trinajstić information content (AvgIpc) is 2.78. The van der Waals surface area contributed by atoms with Crippen molar-refractivity contribution in [3.05, 3.63) is 45.4 Å². The summed E-state index contributed by atoms with van der Waals surface area (Å²) in [5.74, 6) is 0. The first-order chi connectivity index (χ1) is 7.72. The molecule has 0 aliphatic rings. The van der Waals surface area contributed by atoms with Crippen molar-refractivity contribution in [1.29, 1.82) is 0 Å². The summed E-state index contributed by atoms with van der Waals surface area (Å²) in [6, 6.07) is 6.10. The highest BCUT2D eigenvalue weighted by Gasteiger charge is 2.15. The van der Waals surface area contributed by atoms with E-state index in [1.807, 2.05) is 31.5 Å². The molecule has 1 unspecified atom stereocenters. The van der Waals surface area contributed by atoms with Gasteiger partial charge < -0.3 is 5.32 Å². The number of rotatable bonds is 3. The zero-order chi connectivity index (χ0) is 11.5. The largest absolute Gasteiger partial charge is 0.308 e. The van der Waals surface area contributed by atoms with E-state index >= 15 is 0 Å². The van der Waals surface area contributed by atoms with E-state index in [0.717, 1.165) is 21.8 Å². The van der Waals surface area contributed by atoms with Crippen LogP contribution in [-0.4, -0.2) is 16.6 Å². The van der Waals surface area contributed by atoms with Crippen molar-refractivity contribution >= 4 is 23.1 Å². The molecule has 0 saturated heterocycles. The fraction of sp³-hybridized carbons (Fsp3) is 0.273. The summed E-state index contributed by atoms with van der Waals surface area (Å²) < 4.78 is 3.88. The molecule has 1 heterocycles. The van der Waals surface area contributed by atoms with Crippen LogP contribution in [0.5, 0.6) is 0 Å². The van der Waals surface area contributed by atoms with Gasteiger partial charge in [0.25, 0.3) is 0 Å². The fourth-order valence-corrected chi connectivity index (χ4v) is 2.24. The van der Waals surface area contributed by atoms with Gasteiger partial charge in [-0.15, -0.1) is 5.10 Å². The third-order valence-corrected chi connectivity index (χ3v) is 3.42. The second kappa shape index (κ2) is 4.91. The Labute approximate surface area is 104 Å². The molecule has 2 aromatic rings. The van der Waals surface area contributed by atoms with Crippen LogP contribution < -0.4 is 5.32 Å². The molecule has 1 aromatic carbocycles. The van der Waals surface area contributed by atoms with E-state index in [2.05, 4.69) is 21.0 Å². The molecule has 84 valence electrons. The monoisotopic (exact) mass is 253 g/mol. The van der Waals surface area contributed by atoms with Crippen LogP contribution in [0.1, 0.15) is 22.9 Å². The number of hydrogen-bond acceptors (Lipinski definition) is 4. The molecule has 0 aliphatic carbocycles. The second-order valence-electron chi connectivity index (χ2n) is 3.56. The zero-order valence-electron chi connectivity index (χ0n) is 9.07. The van der Waals surface area contributed by atoms with Gasteiger partial charge in [-0.05, 0) is 42.7 Å². The Morgan fingerprint density at radius 3 is 2.81 bits per heavy atom. The molecular weight excluding hydrogens is 242 g/mol. The Kier molecular flexibility index (Phi) is 3.53. The Balaban J connectivity index is 2.37. The van der Waals surface area contributed by atoms with Crippen LogP contribution in [0.25, 0.3) is 0 Å². The maximum atomic E-state index is 6.12. The first-order valence-electron chi connectivity index (χ1n) is 4.92. The number of hydrogen-bond donors (Lipinski definition) is 1. The number of benzene rings is 1. The quantitative estimate of drug-likeness (QED) is 0.914. The lowest BCUT2D eigenvalue weighted by Crippen LogP contribution is -2.18. The van der Waals surface area contributed by atoms with Gasteiger partial charge in [0.2, 0.25) is 0 Å². The van der Waals surface area contributed by atoms with Gasteiger partial charge in [0.15, 0.2) is 0 Å². The summed E-state index contributed by atoms with van der Waals surface area (Å²) in [5.41, 5.74) is 3.11. The summed E-state index contributed by atoms with van der Waals surface area (Å²) in [6.07, 6.45) is 0. The molecule has 0 spiro atoms. The number of nitrogens with zero attached hydrogens (tertiary/aromatic N) is 2. The molecule has 1 N–H and O–H groups in total. The summed E-state index contributed by atoms with van der Waals surface area (Å²) in [5, 5.41) is 10.0. The molecule has 0 bridgehead atoms. The van der Waals surface area contributed by atoms with Gasteiger partial charge in [-0.3, -0.25) is 0 Å². The van der Waals surface area contributed by atoms with Crippen LogP contribution in [0.3, 0.4) is 0 Å². The number of aryl methyl sites for hydroxylation is 1. The molecule has 1 aromatic heterocycles. The minimum absolute atomic E-state index is 0.0526. The Morgan fingerprint density at radius 1 is 1.44 bits per heavy atom. The fourth-order valence-electron chi connectivity index (χ4n) is 1.57. The summed E-state index contributed by atoms with van der Waals surface area (Å²) >= 11 is 7.47. The first-order valence-corrected chi connectivity index (χ1v) is 6.14. The van der Waals surface area contributed by atoms with Crippen molar-refractivity contribution in [3.63, 3.8) is 0 Å². The summed E-state index contributed by atoms with van der Waals surface area (Å²) in [4.78, 5) is 0. The van der Waals surface area contributed by atoms with E-state index in [1.165, 1.54) is 11.5 Å². The third-order valence-electron chi connectivity index (χ3n) is 2.49. The molecule has 5 heteroatoms. The highest BCUT2D eigenvalue weighted by Crippen LogP contribution is 2.25. The molecule has 0 saturated carbocycles. The molecule has 0 aliphatic heterocycles. The normalized spacial score (nSPS) is 12.7. The van der Waals surface area contributed by atoms with E-state index in [9.17, 15) is 0 Å². The highest BCUT2D eigenvalue weighted by molar-refractivity contribution is 7.03. The van der Waals surface area contributed by atoms with Crippen LogP contribution >= 0.6 is 23.1 Å². The van der Waals surface area contributed by atoms with E-state index in [4.69, 9.17) is 11.6 Å². The van der Waals surface area contributed by atoms with E-state index in [-0.39, 0.29) is 6.04 Å². The van der Waals surface area contributed by atoms with E-state index in [0.29, 0.717) is 0 Å². The maximum absolute atomic E-state index is 6.12. The van der Waals surface area contributed by atoms with Gasteiger partial charge in [0.05, 0.1) is 11.7 Å². The Morgan fingerprint density at radius 2 is 2.25 bits per heavy atom. The molecule has 2 rings (SSSR count). The van der Waals surface area contributed by atoms with Crippen LogP contribution in [0.4, 0.5) is 0 Å². The minimum atomic E-state index is 0.0526. The number of nitrogens with one attached hydrogen (secondary N) is 1. The van der Waals surface area contributed by atoms with Crippen molar-refractivity contribution in [2.75, 3.05) is 7.05 Å². The standard InChI is InChI=1S/C11H12ClN3S/c1-7-3-4-8(5-9(7)12)11(13-2)10-6-16-15-14-10/h3-6,11,13H,1-2H3. The first kappa shape index (κ1) is 11.5. The molecule has 1 atom stereocenters. The van der Waals surface area contributed by atoms with Crippen molar-refractivity contribution < 1.29 is 0 Å². The molecule has 16 heavy (non-hydrogen) atoms. The highest BCUT2D eigenvalue weighted by atomic mass is 35.5. The van der Waals surface area contributed by atoms with Gasteiger partial charge in [-0.1, -0.05) is 28.2 Å². The zero-order valence-corrected chi connectivity index (χ0v) is 10.6. The lowest BCUT2D eigenvalue weighted by Gasteiger charge is -2.14. The van der Waals surface area contributed by atoms with Gasteiger partial charge in [0.1, 0.15) is 0 Å². The number of aromatic nitrogens is 2. The van der Waals surface area contributed by atoms with Gasteiger partial charge in [-0.2, -0.15) is 0 Å². The van der Waals surface area contributed by atoms with Crippen molar-refractivity contribution in [2.24, 2.45) is 0 Å². The van der Waals surface area contributed by atoms with Crippen molar-refractivity contribution in [2.45, 2.75) is 13.0 Å². The summed E-state index contributed by atoms with van der Waals surface area (Å²) in [6.45, 7) is 1.99. The lowest BCUT2D eigenvalue weighted by atomic mass is 10.0. The Bertz CT molecular complexity index is 470. The lowest BCUT2D eigenvalue weighted by molar-refractivity contribution is 0.668. The SMILES string of the molecule is CNC(c1ccc(C)c(Cl)c1)c1csnn1. The molecule has 0 amide bonds. The maximum Gasteiger partial charge on any atom is 0.0970 e. The van der Waals surface area contributed by atoms with Gasteiger partial charge in [0, 0.05) is 10.4 Å². The van der Waals surface area contributed by atoms with E-state index in [1.54, 1.807) is 0 Å². The Hall–Kier alpha value is -0.970. The van der Waals surface area contributed by atoms with Crippen LogP contribution in [0, 0.1) is 6.92 Å². The number of halogens is 1. The molecular formula is C11H12ClN3S. The average molecular weight is 254 g/mol. The third kappa shape index (κ3) is 2.24. The topological polar surface area (TPSA) is 37.8 Å². The predicted octanol–water partition coefficient (Wildman–Crippen LogP) is 2.81. The molecule has 3 nitrogen and oxygen atoms in total. The van der Waals surface area contributed by atoms with Crippen LogP contribution in [0.2, 0.25) is 5.02 Å².